The Morgan fingerprint density at radius 2 is 1.88 bits per heavy atom. The van der Waals surface area contributed by atoms with Gasteiger partial charge >= 0.3 is 0 Å². The zero-order valence-electron chi connectivity index (χ0n) is 8.82. The summed E-state index contributed by atoms with van der Waals surface area (Å²) in [6.07, 6.45) is 0.704. The van der Waals surface area contributed by atoms with Crippen LogP contribution in [0.5, 0.6) is 5.75 Å². The van der Waals surface area contributed by atoms with E-state index in [1.807, 2.05) is 0 Å². The van der Waals surface area contributed by atoms with E-state index in [9.17, 15) is 0 Å². The molecule has 3 atom stereocenters. The highest BCUT2D eigenvalue weighted by Crippen LogP contribution is 2.30. The van der Waals surface area contributed by atoms with Gasteiger partial charge in [0.05, 0.1) is 0 Å². The van der Waals surface area contributed by atoms with E-state index >= 15 is 0 Å². The van der Waals surface area contributed by atoms with Crippen molar-refractivity contribution in [2.75, 3.05) is 7.11 Å². The average molecular weight is 262 g/mol. The molecule has 1 saturated carbocycles. The minimum atomic E-state index is -0.0576. The normalized spacial score (nSPS) is 28.6. The zero-order chi connectivity index (χ0) is 11.7. The van der Waals surface area contributed by atoms with Crippen molar-refractivity contribution >= 4 is 23.2 Å². The summed E-state index contributed by atoms with van der Waals surface area (Å²) in [5.41, 5.74) is 5.78. The predicted molar refractivity (Wildman–Crippen MR) is 64.3 cm³/mol. The van der Waals surface area contributed by atoms with E-state index in [1.165, 1.54) is 0 Å². The van der Waals surface area contributed by atoms with Crippen molar-refractivity contribution in [3.8, 4) is 5.75 Å². The quantitative estimate of drug-likeness (QED) is 0.910. The summed E-state index contributed by atoms with van der Waals surface area (Å²) < 4.78 is 10.9. The molecule has 2 rings (SSSR count). The van der Waals surface area contributed by atoms with Crippen LogP contribution in [0.15, 0.2) is 18.2 Å². The second-order valence-electron chi connectivity index (χ2n) is 3.86. The largest absolute Gasteiger partial charge is 0.487 e. The van der Waals surface area contributed by atoms with E-state index in [0.717, 1.165) is 6.42 Å². The molecule has 88 valence electrons. The molecule has 3 nitrogen and oxygen atoms in total. The Labute approximate surface area is 104 Å². The molecule has 1 aromatic carbocycles. The first-order valence-corrected chi connectivity index (χ1v) is 5.77. The number of benzene rings is 1. The van der Waals surface area contributed by atoms with Crippen LogP contribution in [-0.4, -0.2) is 25.4 Å². The molecule has 2 N–H and O–H groups in total. The molecule has 0 amide bonds. The smallest absolute Gasteiger partial charge is 0.128 e. The van der Waals surface area contributed by atoms with Crippen molar-refractivity contribution in [1.29, 1.82) is 0 Å². The van der Waals surface area contributed by atoms with Gasteiger partial charge in [-0.15, -0.1) is 0 Å². The number of halogens is 2. The van der Waals surface area contributed by atoms with Crippen LogP contribution in [0, 0.1) is 0 Å². The van der Waals surface area contributed by atoms with Gasteiger partial charge in [0.1, 0.15) is 18.0 Å². The maximum atomic E-state index is 5.87. The molecular formula is C11H13Cl2NO2. The predicted octanol–water partition coefficient (Wildman–Crippen LogP) is 2.49. The molecule has 0 aromatic heterocycles. The molecular weight excluding hydrogens is 249 g/mol. The highest BCUT2D eigenvalue weighted by atomic mass is 35.5. The Balaban J connectivity index is 2.04. The van der Waals surface area contributed by atoms with Gasteiger partial charge in [-0.25, -0.2) is 0 Å². The number of hydrogen-bond acceptors (Lipinski definition) is 3. The molecule has 1 aliphatic rings. The van der Waals surface area contributed by atoms with Crippen LogP contribution in [0.1, 0.15) is 6.42 Å². The zero-order valence-corrected chi connectivity index (χ0v) is 10.3. The minimum Gasteiger partial charge on any atom is -0.487 e. The maximum Gasteiger partial charge on any atom is 0.128 e. The summed E-state index contributed by atoms with van der Waals surface area (Å²) >= 11 is 11.7. The van der Waals surface area contributed by atoms with Gasteiger partial charge in [-0.1, -0.05) is 23.2 Å². The number of hydrogen-bond donors (Lipinski definition) is 1. The van der Waals surface area contributed by atoms with Crippen molar-refractivity contribution in [2.45, 2.75) is 24.7 Å². The van der Waals surface area contributed by atoms with Gasteiger partial charge in [0.15, 0.2) is 0 Å². The van der Waals surface area contributed by atoms with Gasteiger partial charge in [-0.3, -0.25) is 0 Å². The van der Waals surface area contributed by atoms with Gasteiger partial charge in [-0.2, -0.15) is 0 Å². The van der Waals surface area contributed by atoms with E-state index in [-0.39, 0.29) is 18.2 Å². The highest BCUT2D eigenvalue weighted by molar-refractivity contribution is 6.34. The number of methoxy groups -OCH3 is 1. The van der Waals surface area contributed by atoms with Gasteiger partial charge in [0.2, 0.25) is 0 Å². The molecule has 0 saturated heterocycles. The molecule has 1 aliphatic carbocycles. The van der Waals surface area contributed by atoms with Crippen molar-refractivity contribution in [1.82, 2.24) is 0 Å². The lowest BCUT2D eigenvalue weighted by Crippen LogP contribution is -2.59. The first kappa shape index (κ1) is 12.0. The lowest BCUT2D eigenvalue weighted by molar-refractivity contribution is -0.0782. The molecule has 3 unspecified atom stereocenters. The molecule has 0 heterocycles. The Hall–Kier alpha value is -0.480. The second kappa shape index (κ2) is 4.80. The van der Waals surface area contributed by atoms with E-state index in [1.54, 1.807) is 25.3 Å². The fraction of sp³-hybridized carbons (Fsp3) is 0.455. The van der Waals surface area contributed by atoms with Gasteiger partial charge in [-0.05, 0) is 18.2 Å². The van der Waals surface area contributed by atoms with Crippen molar-refractivity contribution < 1.29 is 9.47 Å². The number of ether oxygens (including phenoxy) is 2. The highest BCUT2D eigenvalue weighted by Gasteiger charge is 2.40. The van der Waals surface area contributed by atoms with E-state index in [4.69, 9.17) is 38.4 Å². The fourth-order valence-electron chi connectivity index (χ4n) is 1.83. The van der Waals surface area contributed by atoms with Crippen molar-refractivity contribution in [2.24, 2.45) is 5.73 Å². The van der Waals surface area contributed by atoms with Crippen molar-refractivity contribution in [3.63, 3.8) is 0 Å². The number of rotatable bonds is 3. The molecule has 0 radical (unpaired) electrons. The molecule has 1 fully saturated rings. The van der Waals surface area contributed by atoms with Crippen LogP contribution in [0.25, 0.3) is 0 Å². The Bertz CT molecular complexity index is 366. The third-order valence-corrected chi connectivity index (χ3v) is 3.13. The lowest BCUT2D eigenvalue weighted by atomic mass is 9.86. The first-order valence-electron chi connectivity index (χ1n) is 5.01. The van der Waals surface area contributed by atoms with Crippen molar-refractivity contribution in [3.05, 3.63) is 28.2 Å². The third-order valence-electron chi connectivity index (χ3n) is 2.69. The molecule has 0 bridgehead atoms. The van der Waals surface area contributed by atoms with E-state index in [0.29, 0.717) is 15.8 Å². The summed E-state index contributed by atoms with van der Waals surface area (Å²) in [4.78, 5) is 0. The van der Waals surface area contributed by atoms with E-state index in [2.05, 4.69) is 0 Å². The van der Waals surface area contributed by atoms with E-state index < -0.39 is 0 Å². The average Bonchev–Trinajstić information content (AvgIpc) is 2.15. The molecule has 5 heteroatoms. The van der Waals surface area contributed by atoms with Crippen LogP contribution in [-0.2, 0) is 4.74 Å². The van der Waals surface area contributed by atoms with Crippen LogP contribution in [0.2, 0.25) is 10.0 Å². The maximum absolute atomic E-state index is 5.87. The van der Waals surface area contributed by atoms with Crippen LogP contribution in [0.4, 0.5) is 0 Å². The molecule has 0 spiro atoms. The van der Waals surface area contributed by atoms with Crippen LogP contribution < -0.4 is 10.5 Å². The third kappa shape index (κ3) is 2.43. The van der Waals surface area contributed by atoms with Gasteiger partial charge < -0.3 is 15.2 Å². The number of nitrogens with two attached hydrogens (primary N) is 1. The van der Waals surface area contributed by atoms with Gasteiger partial charge in [0.25, 0.3) is 0 Å². The van der Waals surface area contributed by atoms with Crippen LogP contribution >= 0.6 is 23.2 Å². The summed E-state index contributed by atoms with van der Waals surface area (Å²) in [5.74, 6) is 0.649. The standard InChI is InChI=1S/C11H13Cl2NO2/c1-15-11-9(14)5-10(11)16-8-3-6(12)2-7(13)4-8/h2-4,9-11H,5,14H2,1H3. The van der Waals surface area contributed by atoms with Crippen LogP contribution in [0.3, 0.4) is 0 Å². The molecule has 1 aromatic rings. The topological polar surface area (TPSA) is 44.5 Å². The SMILES string of the molecule is COC1C(N)CC1Oc1cc(Cl)cc(Cl)c1. The Morgan fingerprint density at radius 3 is 2.38 bits per heavy atom. The summed E-state index contributed by atoms with van der Waals surface area (Å²) in [6, 6.07) is 5.16. The summed E-state index contributed by atoms with van der Waals surface area (Å²) in [7, 11) is 1.63. The fourth-order valence-corrected chi connectivity index (χ4v) is 2.34. The Morgan fingerprint density at radius 1 is 1.25 bits per heavy atom. The molecule has 16 heavy (non-hydrogen) atoms. The monoisotopic (exact) mass is 261 g/mol. The summed E-state index contributed by atoms with van der Waals surface area (Å²) in [6.45, 7) is 0. The molecule has 0 aliphatic heterocycles. The second-order valence-corrected chi connectivity index (χ2v) is 4.73. The van der Waals surface area contributed by atoms with Gasteiger partial charge in [0, 0.05) is 29.6 Å². The lowest BCUT2D eigenvalue weighted by Gasteiger charge is -2.41. The first-order chi connectivity index (χ1) is 7.60. The summed E-state index contributed by atoms with van der Waals surface area (Å²) in [5, 5.41) is 1.11. The Kier molecular flexibility index (Phi) is 3.60. The minimum absolute atomic E-state index is 0.0190.